The lowest BCUT2D eigenvalue weighted by molar-refractivity contribution is 0.306. The second kappa shape index (κ2) is 7.83. The minimum atomic E-state index is -1.03. The standard InChI is InChI=1S/C28H23ClN4O2/c1-32-16-31-14-26(32)28(30)19-6-8-24(29)18(10-19)15-35-21-5-3-4-17(11-21)22-13-27(34)33(2)25-9-7-20(28)12-23(22)25/h3-14,16H,15,30H2,1-2H3/t28-/m1/s1. The van der Waals surface area contributed by atoms with Gasteiger partial charge in [-0.25, -0.2) is 4.98 Å². The van der Waals surface area contributed by atoms with Crippen molar-refractivity contribution in [3.63, 3.8) is 0 Å². The van der Waals surface area contributed by atoms with Crippen LogP contribution in [0.4, 0.5) is 0 Å². The Kier molecular flexibility index (Phi) is 4.85. The van der Waals surface area contributed by atoms with Crippen LogP contribution in [-0.4, -0.2) is 14.1 Å². The van der Waals surface area contributed by atoms with Crippen molar-refractivity contribution in [3.8, 4) is 16.9 Å². The largest absolute Gasteiger partial charge is 0.489 e. The zero-order chi connectivity index (χ0) is 24.3. The molecule has 6 bridgehead atoms. The lowest BCUT2D eigenvalue weighted by atomic mass is 9.79. The highest BCUT2D eigenvalue weighted by Crippen LogP contribution is 2.39. The number of ether oxygens (including phenoxy) is 1. The van der Waals surface area contributed by atoms with Crippen LogP contribution in [0, 0.1) is 0 Å². The molecule has 2 N–H and O–H groups in total. The van der Waals surface area contributed by atoms with Crippen molar-refractivity contribution >= 4 is 22.5 Å². The maximum atomic E-state index is 12.9. The van der Waals surface area contributed by atoms with Gasteiger partial charge in [0.25, 0.3) is 5.56 Å². The van der Waals surface area contributed by atoms with Crippen LogP contribution in [0.5, 0.6) is 5.75 Å². The Hall–Kier alpha value is -3.87. The highest BCUT2D eigenvalue weighted by molar-refractivity contribution is 6.31. The van der Waals surface area contributed by atoms with Gasteiger partial charge in [-0.2, -0.15) is 0 Å². The molecule has 3 heterocycles. The van der Waals surface area contributed by atoms with Crippen LogP contribution in [-0.2, 0) is 26.2 Å². The molecule has 0 amide bonds. The van der Waals surface area contributed by atoms with Gasteiger partial charge in [0, 0.05) is 36.1 Å². The van der Waals surface area contributed by atoms with Gasteiger partial charge in [-0.15, -0.1) is 0 Å². The fraction of sp³-hybridized carbons (Fsp3) is 0.143. The summed E-state index contributed by atoms with van der Waals surface area (Å²) < 4.78 is 9.73. The molecule has 0 saturated carbocycles. The summed E-state index contributed by atoms with van der Waals surface area (Å²) in [6.07, 6.45) is 3.53. The van der Waals surface area contributed by atoms with E-state index in [2.05, 4.69) is 11.1 Å². The summed E-state index contributed by atoms with van der Waals surface area (Å²) in [7, 11) is 3.71. The van der Waals surface area contributed by atoms with Crippen molar-refractivity contribution < 1.29 is 4.74 Å². The number of hydrogen-bond acceptors (Lipinski definition) is 4. The van der Waals surface area contributed by atoms with E-state index in [-0.39, 0.29) is 12.2 Å². The molecule has 3 aromatic carbocycles. The van der Waals surface area contributed by atoms with E-state index in [4.69, 9.17) is 22.1 Å². The zero-order valence-corrected chi connectivity index (χ0v) is 20.1. The van der Waals surface area contributed by atoms with E-state index in [1.165, 1.54) is 0 Å². The van der Waals surface area contributed by atoms with Crippen LogP contribution in [0.1, 0.15) is 22.4 Å². The first kappa shape index (κ1) is 21.6. The van der Waals surface area contributed by atoms with E-state index in [0.29, 0.717) is 10.8 Å². The minimum absolute atomic E-state index is 0.0834. The Morgan fingerprint density at radius 1 is 1.03 bits per heavy atom. The SMILES string of the molecule is Cn1cncc1[C@@]1(N)c2ccc(Cl)c(c2)COc2cccc(c2)-c2cc(=O)n(C)c3ccc1cc23. The summed E-state index contributed by atoms with van der Waals surface area (Å²) in [6.45, 7) is 0.279. The molecule has 6 rings (SSSR count). The van der Waals surface area contributed by atoms with E-state index in [1.807, 2.05) is 66.2 Å². The van der Waals surface area contributed by atoms with E-state index < -0.39 is 5.54 Å². The first-order valence-corrected chi connectivity index (χ1v) is 11.7. The molecule has 5 aromatic rings. The third-order valence-electron chi connectivity index (χ3n) is 6.96. The smallest absolute Gasteiger partial charge is 0.251 e. The molecular weight excluding hydrogens is 460 g/mol. The number of aryl methyl sites for hydroxylation is 2. The summed E-state index contributed by atoms with van der Waals surface area (Å²) in [5.41, 5.74) is 12.2. The number of benzene rings is 3. The van der Waals surface area contributed by atoms with Crippen LogP contribution >= 0.6 is 11.6 Å². The molecule has 0 spiro atoms. The summed E-state index contributed by atoms with van der Waals surface area (Å²) >= 11 is 6.57. The van der Waals surface area contributed by atoms with E-state index in [9.17, 15) is 4.79 Å². The molecule has 1 aliphatic rings. The van der Waals surface area contributed by atoms with E-state index in [1.54, 1.807) is 30.2 Å². The van der Waals surface area contributed by atoms with Crippen molar-refractivity contribution in [1.29, 1.82) is 0 Å². The molecule has 0 saturated heterocycles. The number of nitrogens with two attached hydrogens (primary N) is 1. The lowest BCUT2D eigenvalue weighted by Crippen LogP contribution is -2.41. The van der Waals surface area contributed by atoms with Crippen molar-refractivity contribution in [1.82, 2.24) is 14.1 Å². The predicted octanol–water partition coefficient (Wildman–Crippen LogP) is 4.74. The molecule has 174 valence electrons. The maximum Gasteiger partial charge on any atom is 0.251 e. The first-order valence-electron chi connectivity index (χ1n) is 11.3. The molecule has 2 aromatic heterocycles. The fourth-order valence-corrected chi connectivity index (χ4v) is 5.16. The Bertz CT molecular complexity index is 1690. The van der Waals surface area contributed by atoms with Gasteiger partial charge in [0.1, 0.15) is 17.9 Å². The molecule has 0 aliphatic carbocycles. The predicted molar refractivity (Wildman–Crippen MR) is 138 cm³/mol. The van der Waals surface area contributed by atoms with Crippen LogP contribution in [0.3, 0.4) is 0 Å². The van der Waals surface area contributed by atoms with Crippen LogP contribution in [0.15, 0.2) is 84.0 Å². The van der Waals surface area contributed by atoms with Crippen LogP contribution in [0.25, 0.3) is 22.0 Å². The van der Waals surface area contributed by atoms with Crippen molar-refractivity contribution in [3.05, 3.63) is 117 Å². The molecule has 0 unspecified atom stereocenters. The second-order valence-corrected chi connectivity index (χ2v) is 9.41. The first-order chi connectivity index (χ1) is 16.9. The lowest BCUT2D eigenvalue weighted by Gasteiger charge is -2.32. The van der Waals surface area contributed by atoms with Gasteiger partial charge >= 0.3 is 0 Å². The van der Waals surface area contributed by atoms with Gasteiger partial charge < -0.3 is 19.6 Å². The highest BCUT2D eigenvalue weighted by atomic mass is 35.5. The highest BCUT2D eigenvalue weighted by Gasteiger charge is 2.35. The summed E-state index contributed by atoms with van der Waals surface area (Å²) in [6, 6.07) is 21.3. The average molecular weight is 483 g/mol. The fourth-order valence-electron chi connectivity index (χ4n) is 4.99. The van der Waals surface area contributed by atoms with Gasteiger partial charge in [0.05, 0.1) is 23.7 Å². The number of fused-ring (bicyclic) bond motifs is 6. The summed E-state index contributed by atoms with van der Waals surface area (Å²) in [4.78, 5) is 17.2. The Morgan fingerprint density at radius 3 is 2.63 bits per heavy atom. The molecular formula is C28H23ClN4O2. The van der Waals surface area contributed by atoms with Gasteiger partial charge in [-0.3, -0.25) is 4.79 Å². The van der Waals surface area contributed by atoms with E-state index >= 15 is 0 Å². The summed E-state index contributed by atoms with van der Waals surface area (Å²) in [5, 5.41) is 1.53. The normalized spacial score (nSPS) is 16.9. The topological polar surface area (TPSA) is 75.1 Å². The number of aromatic nitrogens is 3. The molecule has 6 nitrogen and oxygen atoms in total. The molecule has 1 atom stereocenters. The molecule has 0 radical (unpaired) electrons. The molecule has 7 heteroatoms. The van der Waals surface area contributed by atoms with Crippen LogP contribution in [0.2, 0.25) is 5.02 Å². The van der Waals surface area contributed by atoms with Crippen molar-refractivity contribution in [2.75, 3.05) is 0 Å². The minimum Gasteiger partial charge on any atom is -0.489 e. The molecule has 35 heavy (non-hydrogen) atoms. The van der Waals surface area contributed by atoms with Gasteiger partial charge in [-0.1, -0.05) is 35.9 Å². The van der Waals surface area contributed by atoms with E-state index in [0.717, 1.165) is 44.4 Å². The number of hydrogen-bond donors (Lipinski definition) is 1. The number of rotatable bonds is 1. The van der Waals surface area contributed by atoms with Gasteiger partial charge in [-0.05, 0) is 58.7 Å². The maximum absolute atomic E-state index is 12.9. The number of imidazole rings is 1. The van der Waals surface area contributed by atoms with Gasteiger partial charge in [0.15, 0.2) is 0 Å². The zero-order valence-electron chi connectivity index (χ0n) is 19.3. The van der Waals surface area contributed by atoms with Crippen molar-refractivity contribution in [2.24, 2.45) is 19.8 Å². The third-order valence-corrected chi connectivity index (χ3v) is 7.33. The average Bonchev–Trinajstić information content (AvgIpc) is 3.31. The number of pyridine rings is 1. The van der Waals surface area contributed by atoms with Crippen LogP contribution < -0.4 is 16.0 Å². The number of halogens is 1. The Labute approximate surface area is 207 Å². The monoisotopic (exact) mass is 482 g/mol. The summed E-state index contributed by atoms with van der Waals surface area (Å²) in [5.74, 6) is 0.693. The Morgan fingerprint density at radius 2 is 1.83 bits per heavy atom. The molecule has 0 fully saturated rings. The van der Waals surface area contributed by atoms with Gasteiger partial charge in [0.2, 0.25) is 0 Å². The Balaban J connectivity index is 1.77. The molecule has 1 aliphatic heterocycles. The third kappa shape index (κ3) is 3.29. The second-order valence-electron chi connectivity index (χ2n) is 9.01. The quantitative estimate of drug-likeness (QED) is 0.374. The van der Waals surface area contributed by atoms with Crippen molar-refractivity contribution in [2.45, 2.75) is 12.1 Å². The number of nitrogens with zero attached hydrogens (tertiary/aromatic N) is 3.